The molecule has 27 heavy (non-hydrogen) atoms. The van der Waals surface area contributed by atoms with E-state index in [9.17, 15) is 4.79 Å². The van der Waals surface area contributed by atoms with E-state index in [0.29, 0.717) is 17.3 Å². The van der Waals surface area contributed by atoms with Gasteiger partial charge in [-0.2, -0.15) is 0 Å². The van der Waals surface area contributed by atoms with E-state index >= 15 is 0 Å². The van der Waals surface area contributed by atoms with Crippen molar-refractivity contribution >= 4 is 28.3 Å². The zero-order valence-corrected chi connectivity index (χ0v) is 15.9. The van der Waals surface area contributed by atoms with Gasteiger partial charge < -0.3 is 14.1 Å². The molecule has 0 fully saturated rings. The van der Waals surface area contributed by atoms with Gasteiger partial charge in [-0.15, -0.1) is 0 Å². The zero-order valence-electron chi connectivity index (χ0n) is 15.2. The standard InChI is InChI=1S/C22H20ClNO3/c1-13-20-14(11-24(12-26-20)16-6-4-5-15(23)10-16)9-19-17-7-2-3-8-18(17)22(25)27-21(13)19/h4-6,9-10H,2-3,7-8,11-12H2,1H3. The number of hydrogen-bond acceptors (Lipinski definition) is 4. The molecule has 1 aromatic heterocycles. The molecule has 0 saturated carbocycles. The number of hydrogen-bond donors (Lipinski definition) is 0. The third-order valence-electron chi connectivity index (χ3n) is 5.67. The van der Waals surface area contributed by atoms with E-state index in [-0.39, 0.29) is 5.63 Å². The third kappa shape index (κ3) is 2.71. The Morgan fingerprint density at radius 3 is 2.74 bits per heavy atom. The third-order valence-corrected chi connectivity index (χ3v) is 5.90. The summed E-state index contributed by atoms with van der Waals surface area (Å²) in [5, 5.41) is 1.78. The van der Waals surface area contributed by atoms with Crippen molar-refractivity contribution in [1.29, 1.82) is 0 Å². The van der Waals surface area contributed by atoms with Gasteiger partial charge in [-0.3, -0.25) is 0 Å². The summed E-state index contributed by atoms with van der Waals surface area (Å²) >= 11 is 6.15. The zero-order chi connectivity index (χ0) is 18.5. The molecule has 0 unspecified atom stereocenters. The number of rotatable bonds is 1. The summed E-state index contributed by atoms with van der Waals surface area (Å²) < 4.78 is 11.8. The van der Waals surface area contributed by atoms with Crippen molar-refractivity contribution in [3.63, 3.8) is 0 Å². The first-order valence-corrected chi connectivity index (χ1v) is 9.74. The van der Waals surface area contributed by atoms with E-state index in [1.165, 1.54) is 5.56 Å². The fraction of sp³-hybridized carbons (Fsp3) is 0.318. The van der Waals surface area contributed by atoms with Crippen LogP contribution in [0.1, 0.15) is 35.1 Å². The number of benzene rings is 2. The van der Waals surface area contributed by atoms with E-state index in [1.54, 1.807) is 0 Å². The quantitative estimate of drug-likeness (QED) is 0.557. The van der Waals surface area contributed by atoms with Gasteiger partial charge in [0.1, 0.15) is 11.3 Å². The van der Waals surface area contributed by atoms with Gasteiger partial charge in [-0.25, -0.2) is 4.79 Å². The normalized spacial score (nSPS) is 16.0. The summed E-state index contributed by atoms with van der Waals surface area (Å²) in [5.74, 6) is 0.833. The first-order chi connectivity index (χ1) is 13.1. The molecule has 0 radical (unpaired) electrons. The number of aryl methyl sites for hydroxylation is 2. The minimum absolute atomic E-state index is 0.184. The molecule has 5 heteroatoms. The molecule has 2 aromatic carbocycles. The maximum Gasteiger partial charge on any atom is 0.339 e. The molecule has 0 saturated heterocycles. The van der Waals surface area contributed by atoms with Gasteiger partial charge in [0.15, 0.2) is 6.73 Å². The smallest absolute Gasteiger partial charge is 0.339 e. The van der Waals surface area contributed by atoms with Crippen LogP contribution < -0.4 is 15.3 Å². The molecule has 0 bridgehead atoms. The SMILES string of the molecule is Cc1c2c(cc3c4c(c(=O)oc13)CCCC4)CN(c1cccc(Cl)c1)CO2. The lowest BCUT2D eigenvalue weighted by Crippen LogP contribution is -2.32. The molecule has 4 nitrogen and oxygen atoms in total. The van der Waals surface area contributed by atoms with E-state index in [4.69, 9.17) is 20.8 Å². The minimum atomic E-state index is -0.184. The molecule has 2 aliphatic rings. The van der Waals surface area contributed by atoms with Gasteiger partial charge in [0.05, 0.1) is 0 Å². The molecular weight excluding hydrogens is 362 g/mol. The second-order valence-electron chi connectivity index (χ2n) is 7.37. The molecule has 0 atom stereocenters. The summed E-state index contributed by atoms with van der Waals surface area (Å²) in [7, 11) is 0. The Morgan fingerprint density at radius 1 is 1.11 bits per heavy atom. The van der Waals surface area contributed by atoms with Gasteiger partial charge in [0, 0.05) is 39.3 Å². The summed E-state index contributed by atoms with van der Waals surface area (Å²) in [6.45, 7) is 3.16. The van der Waals surface area contributed by atoms with Crippen LogP contribution in [0.4, 0.5) is 5.69 Å². The van der Waals surface area contributed by atoms with Crippen molar-refractivity contribution in [2.24, 2.45) is 0 Å². The van der Waals surface area contributed by atoms with Gasteiger partial charge in [-0.1, -0.05) is 17.7 Å². The lowest BCUT2D eigenvalue weighted by Gasteiger charge is -2.32. The Labute approximate surface area is 162 Å². The predicted octanol–water partition coefficient (Wildman–Crippen LogP) is 4.99. The van der Waals surface area contributed by atoms with Crippen LogP contribution in [0.5, 0.6) is 5.75 Å². The summed E-state index contributed by atoms with van der Waals surface area (Å²) in [4.78, 5) is 14.6. The van der Waals surface area contributed by atoms with Crippen molar-refractivity contribution in [3.8, 4) is 5.75 Å². The summed E-state index contributed by atoms with van der Waals surface area (Å²) in [6, 6.07) is 9.96. The number of anilines is 1. The second-order valence-corrected chi connectivity index (χ2v) is 7.81. The van der Waals surface area contributed by atoms with E-state index in [1.807, 2.05) is 31.2 Å². The number of halogens is 1. The molecule has 0 spiro atoms. The Bertz CT molecular complexity index is 1120. The fourth-order valence-electron chi connectivity index (χ4n) is 4.34. The minimum Gasteiger partial charge on any atom is -0.472 e. The van der Waals surface area contributed by atoms with Gasteiger partial charge in [-0.05, 0) is 62.4 Å². The van der Waals surface area contributed by atoms with Crippen LogP contribution in [0.25, 0.3) is 11.0 Å². The van der Waals surface area contributed by atoms with Crippen LogP contribution in [-0.4, -0.2) is 6.73 Å². The van der Waals surface area contributed by atoms with Crippen LogP contribution in [0, 0.1) is 6.92 Å². The van der Waals surface area contributed by atoms with Gasteiger partial charge in [0.2, 0.25) is 0 Å². The highest BCUT2D eigenvalue weighted by Crippen LogP contribution is 2.38. The van der Waals surface area contributed by atoms with Crippen LogP contribution in [0.2, 0.25) is 5.02 Å². The molecule has 138 valence electrons. The van der Waals surface area contributed by atoms with Crippen LogP contribution >= 0.6 is 11.6 Å². The van der Waals surface area contributed by atoms with E-state index < -0.39 is 0 Å². The average molecular weight is 382 g/mol. The summed E-state index contributed by atoms with van der Waals surface area (Å²) in [6.07, 6.45) is 3.93. The molecule has 0 amide bonds. The summed E-state index contributed by atoms with van der Waals surface area (Å²) in [5.41, 5.74) is 5.58. The monoisotopic (exact) mass is 381 g/mol. The maximum atomic E-state index is 12.4. The molecular formula is C22H20ClNO3. The number of nitrogens with zero attached hydrogens (tertiary/aromatic N) is 1. The fourth-order valence-corrected chi connectivity index (χ4v) is 4.52. The van der Waals surface area contributed by atoms with Gasteiger partial charge >= 0.3 is 5.63 Å². The van der Waals surface area contributed by atoms with Crippen molar-refractivity contribution in [3.05, 3.63) is 68.0 Å². The Kier molecular flexibility index (Phi) is 3.90. The van der Waals surface area contributed by atoms with Crippen molar-refractivity contribution < 1.29 is 9.15 Å². The van der Waals surface area contributed by atoms with Crippen LogP contribution in [-0.2, 0) is 19.4 Å². The first-order valence-electron chi connectivity index (χ1n) is 9.36. The topological polar surface area (TPSA) is 42.7 Å². The lowest BCUT2D eigenvalue weighted by atomic mass is 9.89. The molecule has 1 aliphatic heterocycles. The van der Waals surface area contributed by atoms with Crippen LogP contribution in [0.15, 0.2) is 39.5 Å². The van der Waals surface area contributed by atoms with Crippen molar-refractivity contribution in [1.82, 2.24) is 0 Å². The van der Waals surface area contributed by atoms with Crippen molar-refractivity contribution in [2.45, 2.75) is 39.2 Å². The van der Waals surface area contributed by atoms with Crippen LogP contribution in [0.3, 0.4) is 0 Å². The Balaban J connectivity index is 1.65. The predicted molar refractivity (Wildman–Crippen MR) is 107 cm³/mol. The molecule has 5 rings (SSSR count). The van der Waals surface area contributed by atoms with E-state index in [0.717, 1.165) is 65.7 Å². The van der Waals surface area contributed by atoms with Crippen molar-refractivity contribution in [2.75, 3.05) is 11.6 Å². The highest BCUT2D eigenvalue weighted by atomic mass is 35.5. The molecule has 1 aliphatic carbocycles. The highest BCUT2D eigenvalue weighted by molar-refractivity contribution is 6.30. The second kappa shape index (κ2) is 6.31. The average Bonchev–Trinajstić information content (AvgIpc) is 2.69. The first kappa shape index (κ1) is 16.7. The molecule has 0 N–H and O–H groups in total. The largest absolute Gasteiger partial charge is 0.472 e. The molecule has 2 heterocycles. The van der Waals surface area contributed by atoms with E-state index in [2.05, 4.69) is 11.0 Å². The number of fused-ring (bicyclic) bond motifs is 4. The lowest BCUT2D eigenvalue weighted by molar-refractivity contribution is 0.287. The molecule has 3 aromatic rings. The number of ether oxygens (including phenoxy) is 1. The Hall–Kier alpha value is -2.46. The van der Waals surface area contributed by atoms with Gasteiger partial charge in [0.25, 0.3) is 0 Å². The Morgan fingerprint density at radius 2 is 1.93 bits per heavy atom. The maximum absolute atomic E-state index is 12.4. The highest BCUT2D eigenvalue weighted by Gasteiger charge is 2.25.